The number of hydrogen-bond donors (Lipinski definition) is 3. The smallest absolute Gasteiger partial charge is 0.214 e. The molecule has 1 rings (SSSR count). The van der Waals surface area contributed by atoms with Crippen molar-refractivity contribution in [2.75, 3.05) is 12.4 Å². The maximum absolute atomic E-state index is 11.4. The van der Waals surface area contributed by atoms with Crippen LogP contribution in [0.15, 0.2) is 0 Å². The van der Waals surface area contributed by atoms with E-state index >= 15 is 0 Å². The molecule has 1 saturated carbocycles. The van der Waals surface area contributed by atoms with Crippen molar-refractivity contribution >= 4 is 10.0 Å². The molecule has 0 bridgehead atoms. The molecule has 0 spiro atoms. The van der Waals surface area contributed by atoms with Gasteiger partial charge in [-0.05, 0) is 12.8 Å². The molecule has 1 fully saturated rings. The average molecular weight is 237 g/mol. The molecule has 15 heavy (non-hydrogen) atoms. The summed E-state index contributed by atoms with van der Waals surface area (Å²) in [6.45, 7) is -0.391. The molecule has 3 N–H and O–H groups in total. The fourth-order valence-electron chi connectivity index (χ4n) is 1.84. The summed E-state index contributed by atoms with van der Waals surface area (Å²) in [5.74, 6) is -0.295. The number of aliphatic hydroxyl groups excluding tert-OH is 2. The SMILES string of the molecule is O=S(=O)(CCO)NC1CCCCCC1O. The summed E-state index contributed by atoms with van der Waals surface area (Å²) < 4.78 is 25.2. The van der Waals surface area contributed by atoms with Crippen LogP contribution in [0.4, 0.5) is 0 Å². The van der Waals surface area contributed by atoms with Crippen LogP contribution in [0.2, 0.25) is 0 Å². The summed E-state index contributed by atoms with van der Waals surface area (Å²) in [5.41, 5.74) is 0. The minimum atomic E-state index is -3.44. The van der Waals surface area contributed by atoms with Gasteiger partial charge in [-0.25, -0.2) is 13.1 Å². The van der Waals surface area contributed by atoms with Gasteiger partial charge in [-0.15, -0.1) is 0 Å². The predicted molar refractivity (Wildman–Crippen MR) is 56.9 cm³/mol. The molecular formula is C9H19NO4S. The lowest BCUT2D eigenvalue weighted by atomic mass is 10.1. The number of sulfonamides is 1. The molecule has 90 valence electrons. The molecule has 0 saturated heterocycles. The van der Waals surface area contributed by atoms with Crippen molar-refractivity contribution in [3.8, 4) is 0 Å². The van der Waals surface area contributed by atoms with Crippen LogP contribution in [-0.2, 0) is 10.0 Å². The van der Waals surface area contributed by atoms with Crippen LogP contribution >= 0.6 is 0 Å². The third-order valence-corrected chi connectivity index (χ3v) is 4.05. The number of nitrogens with one attached hydrogen (secondary N) is 1. The Morgan fingerprint density at radius 2 is 1.87 bits per heavy atom. The highest BCUT2D eigenvalue weighted by atomic mass is 32.2. The van der Waals surface area contributed by atoms with Gasteiger partial charge in [-0.1, -0.05) is 19.3 Å². The van der Waals surface area contributed by atoms with Gasteiger partial charge in [-0.2, -0.15) is 0 Å². The van der Waals surface area contributed by atoms with Gasteiger partial charge < -0.3 is 10.2 Å². The van der Waals surface area contributed by atoms with Crippen molar-refractivity contribution in [3.63, 3.8) is 0 Å². The zero-order valence-electron chi connectivity index (χ0n) is 8.72. The van der Waals surface area contributed by atoms with Crippen molar-refractivity contribution in [1.82, 2.24) is 4.72 Å². The Labute approximate surface area is 90.6 Å². The lowest BCUT2D eigenvalue weighted by Crippen LogP contribution is -2.43. The minimum absolute atomic E-state index is 0.295. The monoisotopic (exact) mass is 237 g/mol. The van der Waals surface area contributed by atoms with Crippen LogP contribution in [0.25, 0.3) is 0 Å². The van der Waals surface area contributed by atoms with Crippen LogP contribution in [0.3, 0.4) is 0 Å². The van der Waals surface area contributed by atoms with E-state index in [4.69, 9.17) is 5.11 Å². The summed E-state index contributed by atoms with van der Waals surface area (Å²) in [6.07, 6.45) is 3.64. The first-order chi connectivity index (χ1) is 7.05. The standard InChI is InChI=1S/C9H19NO4S/c11-6-7-15(13,14)10-8-4-2-1-3-5-9(8)12/h8-12H,1-7H2. The van der Waals surface area contributed by atoms with Gasteiger partial charge in [0.15, 0.2) is 0 Å². The third kappa shape index (κ3) is 4.46. The van der Waals surface area contributed by atoms with Crippen LogP contribution in [0, 0.1) is 0 Å². The van der Waals surface area contributed by atoms with Gasteiger partial charge in [0.25, 0.3) is 0 Å². The summed E-state index contributed by atoms with van der Waals surface area (Å²) in [6, 6.07) is -0.385. The van der Waals surface area contributed by atoms with Gasteiger partial charge in [0, 0.05) is 6.04 Å². The first-order valence-corrected chi connectivity index (χ1v) is 6.99. The van der Waals surface area contributed by atoms with Gasteiger partial charge >= 0.3 is 0 Å². The van der Waals surface area contributed by atoms with E-state index in [9.17, 15) is 13.5 Å². The van der Waals surface area contributed by atoms with E-state index in [1.165, 1.54) is 0 Å². The second kappa shape index (κ2) is 5.79. The Morgan fingerprint density at radius 3 is 2.53 bits per heavy atom. The van der Waals surface area contributed by atoms with E-state index in [2.05, 4.69) is 4.72 Å². The molecule has 1 aliphatic carbocycles. The number of rotatable bonds is 4. The molecule has 6 heteroatoms. The van der Waals surface area contributed by atoms with Crippen LogP contribution in [0.5, 0.6) is 0 Å². The topological polar surface area (TPSA) is 86.6 Å². The van der Waals surface area contributed by atoms with Crippen LogP contribution in [-0.4, -0.2) is 43.1 Å². The quantitative estimate of drug-likeness (QED) is 0.580. The second-order valence-corrected chi connectivity index (χ2v) is 5.85. The van der Waals surface area contributed by atoms with E-state index in [1.807, 2.05) is 0 Å². The molecule has 0 aromatic rings. The molecule has 0 amide bonds. The van der Waals surface area contributed by atoms with E-state index in [-0.39, 0.29) is 11.8 Å². The zero-order chi connectivity index (χ0) is 11.3. The van der Waals surface area contributed by atoms with Crippen molar-refractivity contribution in [2.24, 2.45) is 0 Å². The zero-order valence-corrected chi connectivity index (χ0v) is 9.54. The van der Waals surface area contributed by atoms with Crippen molar-refractivity contribution in [2.45, 2.75) is 44.2 Å². The van der Waals surface area contributed by atoms with Gasteiger partial charge in [0.05, 0.1) is 18.5 Å². The Bertz CT molecular complexity index is 278. The summed E-state index contributed by atoms with van der Waals surface area (Å²) in [7, 11) is -3.44. The predicted octanol–water partition coefficient (Wildman–Crippen LogP) is -0.408. The van der Waals surface area contributed by atoms with Gasteiger partial charge in [-0.3, -0.25) is 0 Å². The van der Waals surface area contributed by atoms with E-state index in [1.54, 1.807) is 0 Å². The first kappa shape index (κ1) is 12.9. The molecule has 0 aromatic heterocycles. The van der Waals surface area contributed by atoms with E-state index in [0.29, 0.717) is 12.8 Å². The molecular weight excluding hydrogens is 218 g/mol. The van der Waals surface area contributed by atoms with E-state index < -0.39 is 22.7 Å². The lowest BCUT2D eigenvalue weighted by molar-refractivity contribution is 0.130. The summed E-state index contributed by atoms with van der Waals surface area (Å²) in [4.78, 5) is 0. The van der Waals surface area contributed by atoms with Crippen molar-refractivity contribution in [3.05, 3.63) is 0 Å². The lowest BCUT2D eigenvalue weighted by Gasteiger charge is -2.21. The minimum Gasteiger partial charge on any atom is -0.395 e. The molecule has 2 atom stereocenters. The maximum Gasteiger partial charge on any atom is 0.214 e. The van der Waals surface area contributed by atoms with Crippen molar-refractivity contribution in [1.29, 1.82) is 0 Å². The molecule has 0 heterocycles. The highest BCUT2D eigenvalue weighted by molar-refractivity contribution is 7.89. The number of hydrogen-bond acceptors (Lipinski definition) is 4. The Balaban J connectivity index is 2.54. The van der Waals surface area contributed by atoms with Crippen molar-refractivity contribution < 1.29 is 18.6 Å². The Morgan fingerprint density at radius 1 is 1.20 bits per heavy atom. The van der Waals surface area contributed by atoms with Crippen LogP contribution in [0.1, 0.15) is 32.1 Å². The number of aliphatic hydroxyl groups is 2. The maximum atomic E-state index is 11.4. The summed E-state index contributed by atoms with van der Waals surface area (Å²) in [5, 5.41) is 18.3. The molecule has 0 aromatic carbocycles. The Kier molecular flexibility index (Phi) is 4.98. The molecule has 0 radical (unpaired) electrons. The third-order valence-electron chi connectivity index (χ3n) is 2.67. The van der Waals surface area contributed by atoms with E-state index in [0.717, 1.165) is 19.3 Å². The first-order valence-electron chi connectivity index (χ1n) is 5.34. The second-order valence-electron chi connectivity index (χ2n) is 3.97. The molecule has 0 aliphatic heterocycles. The fourth-order valence-corrected chi connectivity index (χ4v) is 2.93. The Hall–Kier alpha value is -0.170. The highest BCUT2D eigenvalue weighted by Crippen LogP contribution is 2.18. The highest BCUT2D eigenvalue weighted by Gasteiger charge is 2.25. The normalized spacial score (nSPS) is 28.7. The molecule has 2 unspecified atom stereocenters. The fraction of sp³-hybridized carbons (Fsp3) is 1.00. The van der Waals surface area contributed by atoms with Crippen LogP contribution < -0.4 is 4.72 Å². The van der Waals surface area contributed by atoms with Gasteiger partial charge in [0.1, 0.15) is 0 Å². The largest absolute Gasteiger partial charge is 0.395 e. The average Bonchev–Trinajstić information content (AvgIpc) is 2.31. The van der Waals surface area contributed by atoms with Gasteiger partial charge in [0.2, 0.25) is 10.0 Å². The molecule has 1 aliphatic rings. The summed E-state index contributed by atoms with van der Waals surface area (Å²) >= 11 is 0. The molecule has 5 nitrogen and oxygen atoms in total.